The van der Waals surface area contributed by atoms with Gasteiger partial charge in [0.15, 0.2) is 0 Å². The first-order valence-electron chi connectivity index (χ1n) is 7.56. The van der Waals surface area contributed by atoms with Crippen molar-refractivity contribution in [3.8, 4) is 11.3 Å². The van der Waals surface area contributed by atoms with Crippen LogP contribution in [0.5, 0.6) is 0 Å². The van der Waals surface area contributed by atoms with E-state index < -0.39 is 0 Å². The summed E-state index contributed by atoms with van der Waals surface area (Å²) in [6, 6.07) is 26.6. The summed E-state index contributed by atoms with van der Waals surface area (Å²) in [7, 11) is 2.00. The first-order valence-corrected chi connectivity index (χ1v) is 7.56. The molecule has 0 amide bonds. The number of benzene rings is 3. The molecule has 0 aliphatic rings. The molecule has 1 aromatic heterocycles. The lowest BCUT2D eigenvalue weighted by Crippen LogP contribution is -2.08. The molecule has 0 saturated heterocycles. The molecule has 0 saturated carbocycles. The summed E-state index contributed by atoms with van der Waals surface area (Å²) in [6.07, 6.45) is 0. The van der Waals surface area contributed by atoms with E-state index in [-0.39, 0.29) is 0 Å². The number of aromatic nitrogens is 1. The maximum atomic E-state index is 5.56. The summed E-state index contributed by atoms with van der Waals surface area (Å²) in [5.41, 5.74) is 2.99. The van der Waals surface area contributed by atoms with Gasteiger partial charge in [-0.2, -0.15) is 0 Å². The molecular weight excluding hydrogens is 284 g/mol. The fraction of sp³-hybridized carbons (Fsp3) is 0.0500. The van der Waals surface area contributed by atoms with E-state index in [1.165, 1.54) is 10.8 Å². The largest absolute Gasteiger partial charge is 0.338 e. The predicted molar refractivity (Wildman–Crippen MR) is 94.0 cm³/mol. The summed E-state index contributed by atoms with van der Waals surface area (Å²) in [6.45, 7) is 0. The maximum Gasteiger partial charge on any atom is 0.232 e. The Morgan fingerprint density at radius 1 is 0.826 bits per heavy atom. The Kier molecular flexibility index (Phi) is 3.31. The van der Waals surface area contributed by atoms with Gasteiger partial charge in [0, 0.05) is 24.1 Å². The van der Waals surface area contributed by atoms with Gasteiger partial charge in [0.2, 0.25) is 5.88 Å². The van der Waals surface area contributed by atoms with Gasteiger partial charge in [-0.3, -0.25) is 0 Å². The van der Waals surface area contributed by atoms with Crippen LogP contribution in [0.25, 0.3) is 22.0 Å². The highest BCUT2D eigenvalue weighted by atomic mass is 16.5. The van der Waals surface area contributed by atoms with E-state index in [9.17, 15) is 0 Å². The molecule has 0 N–H and O–H groups in total. The molecule has 0 aliphatic heterocycles. The van der Waals surface area contributed by atoms with Gasteiger partial charge in [0.25, 0.3) is 0 Å². The highest BCUT2D eigenvalue weighted by molar-refractivity contribution is 5.95. The first kappa shape index (κ1) is 13.6. The van der Waals surface area contributed by atoms with Crippen molar-refractivity contribution < 1.29 is 4.52 Å². The van der Waals surface area contributed by atoms with Crippen molar-refractivity contribution in [3.05, 3.63) is 78.9 Å². The van der Waals surface area contributed by atoms with Crippen molar-refractivity contribution in [2.45, 2.75) is 0 Å². The Morgan fingerprint density at radius 3 is 2.43 bits per heavy atom. The molecule has 1 heterocycles. The van der Waals surface area contributed by atoms with Crippen LogP contribution in [-0.2, 0) is 0 Å². The molecule has 4 rings (SSSR count). The van der Waals surface area contributed by atoms with E-state index in [1.807, 2.05) is 54.4 Å². The Labute approximate surface area is 134 Å². The maximum absolute atomic E-state index is 5.56. The second-order valence-electron chi connectivity index (χ2n) is 5.47. The Hall–Kier alpha value is -3.07. The standard InChI is InChI=1S/C20H16N2O/c1-22(19-13-7-11-15-8-5-6-12-17(15)19)20-14-18(21-23-20)16-9-3-2-4-10-16/h2-14H,1H3. The van der Waals surface area contributed by atoms with Crippen molar-refractivity contribution in [2.24, 2.45) is 0 Å². The van der Waals surface area contributed by atoms with Crippen LogP contribution in [0.1, 0.15) is 0 Å². The minimum absolute atomic E-state index is 0.722. The summed E-state index contributed by atoms with van der Waals surface area (Å²) in [5, 5.41) is 6.59. The molecule has 0 unspecified atom stereocenters. The number of fused-ring (bicyclic) bond motifs is 1. The van der Waals surface area contributed by atoms with Gasteiger partial charge in [-0.15, -0.1) is 0 Å². The minimum Gasteiger partial charge on any atom is -0.338 e. The third-order valence-electron chi connectivity index (χ3n) is 4.03. The average Bonchev–Trinajstić information content (AvgIpc) is 3.11. The molecule has 0 atom stereocenters. The van der Waals surface area contributed by atoms with Crippen LogP contribution >= 0.6 is 0 Å². The van der Waals surface area contributed by atoms with Crippen LogP contribution in [-0.4, -0.2) is 12.2 Å². The normalized spacial score (nSPS) is 10.8. The molecule has 23 heavy (non-hydrogen) atoms. The van der Waals surface area contributed by atoms with Crippen LogP contribution in [0.2, 0.25) is 0 Å². The molecule has 4 aromatic rings. The lowest BCUT2D eigenvalue weighted by atomic mass is 10.1. The van der Waals surface area contributed by atoms with Crippen molar-refractivity contribution in [3.63, 3.8) is 0 Å². The van der Waals surface area contributed by atoms with E-state index in [0.29, 0.717) is 0 Å². The van der Waals surface area contributed by atoms with E-state index in [4.69, 9.17) is 4.52 Å². The Balaban J connectivity index is 1.74. The molecule has 112 valence electrons. The van der Waals surface area contributed by atoms with Crippen LogP contribution in [0.4, 0.5) is 11.6 Å². The number of hydrogen-bond acceptors (Lipinski definition) is 3. The van der Waals surface area contributed by atoms with Crippen molar-refractivity contribution in [1.82, 2.24) is 5.16 Å². The first-order chi connectivity index (χ1) is 11.3. The number of nitrogens with zero attached hydrogens (tertiary/aromatic N) is 2. The molecule has 0 radical (unpaired) electrons. The second kappa shape index (κ2) is 5.61. The minimum atomic E-state index is 0.722. The van der Waals surface area contributed by atoms with E-state index >= 15 is 0 Å². The van der Waals surface area contributed by atoms with Gasteiger partial charge in [0.1, 0.15) is 5.69 Å². The summed E-state index contributed by atoms with van der Waals surface area (Å²) in [5.74, 6) is 0.722. The molecule has 0 fully saturated rings. The van der Waals surface area contributed by atoms with Gasteiger partial charge in [-0.1, -0.05) is 71.9 Å². The zero-order valence-electron chi connectivity index (χ0n) is 12.8. The highest BCUT2D eigenvalue weighted by Gasteiger charge is 2.13. The summed E-state index contributed by atoms with van der Waals surface area (Å²) >= 11 is 0. The number of rotatable bonds is 3. The van der Waals surface area contributed by atoms with E-state index in [2.05, 4.69) is 41.6 Å². The Bertz CT molecular complexity index is 939. The van der Waals surface area contributed by atoms with Crippen LogP contribution in [0.15, 0.2) is 83.4 Å². The van der Waals surface area contributed by atoms with Gasteiger partial charge < -0.3 is 9.42 Å². The molecule has 0 spiro atoms. The van der Waals surface area contributed by atoms with Gasteiger partial charge in [0.05, 0.1) is 5.69 Å². The fourth-order valence-corrected chi connectivity index (χ4v) is 2.79. The van der Waals surface area contributed by atoms with Gasteiger partial charge >= 0.3 is 0 Å². The van der Waals surface area contributed by atoms with Crippen LogP contribution in [0.3, 0.4) is 0 Å². The molecular formula is C20H16N2O. The predicted octanol–water partition coefficient (Wildman–Crippen LogP) is 5.26. The van der Waals surface area contributed by atoms with E-state index in [1.54, 1.807) is 0 Å². The number of anilines is 2. The number of hydrogen-bond donors (Lipinski definition) is 0. The fourth-order valence-electron chi connectivity index (χ4n) is 2.79. The SMILES string of the molecule is CN(c1cc(-c2ccccc2)no1)c1cccc2ccccc12. The average molecular weight is 300 g/mol. The van der Waals surface area contributed by atoms with Gasteiger partial charge in [-0.05, 0) is 11.5 Å². The lowest BCUT2D eigenvalue weighted by Gasteiger charge is -2.17. The van der Waals surface area contributed by atoms with E-state index in [0.717, 1.165) is 22.8 Å². The molecule has 0 bridgehead atoms. The third kappa shape index (κ3) is 2.46. The molecule has 3 heteroatoms. The summed E-state index contributed by atoms with van der Waals surface area (Å²) < 4.78 is 5.56. The second-order valence-corrected chi connectivity index (χ2v) is 5.47. The van der Waals surface area contributed by atoms with Crippen molar-refractivity contribution in [2.75, 3.05) is 11.9 Å². The third-order valence-corrected chi connectivity index (χ3v) is 4.03. The Morgan fingerprint density at radius 2 is 1.57 bits per heavy atom. The lowest BCUT2D eigenvalue weighted by molar-refractivity contribution is 0.429. The quantitative estimate of drug-likeness (QED) is 0.516. The zero-order chi connectivity index (χ0) is 15.6. The summed E-state index contributed by atoms with van der Waals surface area (Å²) in [4.78, 5) is 2.03. The van der Waals surface area contributed by atoms with Gasteiger partial charge in [-0.25, -0.2) is 0 Å². The van der Waals surface area contributed by atoms with Crippen LogP contribution in [0, 0.1) is 0 Å². The smallest absolute Gasteiger partial charge is 0.232 e. The van der Waals surface area contributed by atoms with Crippen molar-refractivity contribution >= 4 is 22.3 Å². The topological polar surface area (TPSA) is 29.3 Å². The monoisotopic (exact) mass is 300 g/mol. The molecule has 0 aliphatic carbocycles. The highest BCUT2D eigenvalue weighted by Crippen LogP contribution is 2.32. The molecule has 3 aromatic carbocycles. The zero-order valence-corrected chi connectivity index (χ0v) is 12.8. The van der Waals surface area contributed by atoms with Crippen LogP contribution < -0.4 is 4.90 Å². The van der Waals surface area contributed by atoms with Crippen molar-refractivity contribution in [1.29, 1.82) is 0 Å². The molecule has 3 nitrogen and oxygen atoms in total.